The summed E-state index contributed by atoms with van der Waals surface area (Å²) in [5.41, 5.74) is 5.50. The third-order valence-corrected chi connectivity index (χ3v) is 10.7. The predicted molar refractivity (Wildman–Crippen MR) is 155 cm³/mol. The number of hydrogen-bond acceptors (Lipinski definition) is 17. The normalized spacial score (nSPS) is 22.3. The molecule has 0 spiro atoms. The van der Waals surface area contributed by atoms with Gasteiger partial charge in [-0.3, -0.25) is 9.09 Å². The molecule has 0 bridgehead atoms. The maximum absolute atomic E-state index is 13.9. The molecule has 2 aromatic heterocycles. The standard InChI is InChI=1S/C24H24N5O15P3/c25-20-17-21(27-12-26-20)29(13-28-17)22-19(31)18(30)16(40-22)11-39-46(37,41-23(32)14-7-3-1-4-8-14)44-47(38,43-45(34,35)36)42-24(33)15-9-5-2-6-10-15/h1-10,12-13,16,18-19,22,30-31H,11H2,(H2,25,26,27)(H2,34,35,36)/t16-,18-,19-,22-,46?,47?/m1/s1. The molecule has 2 aromatic carbocycles. The van der Waals surface area contributed by atoms with Crippen molar-refractivity contribution < 1.29 is 70.2 Å². The average molecular weight is 715 g/mol. The first-order valence-electron chi connectivity index (χ1n) is 13.0. The fourth-order valence-electron chi connectivity index (χ4n) is 4.14. The van der Waals surface area contributed by atoms with Crippen LogP contribution in [0.3, 0.4) is 0 Å². The van der Waals surface area contributed by atoms with Crippen LogP contribution < -0.4 is 5.73 Å². The maximum atomic E-state index is 13.9. The molecule has 1 aliphatic rings. The first-order chi connectivity index (χ1) is 22.2. The number of phosphoric acid groups is 3. The van der Waals surface area contributed by atoms with Crippen LogP contribution in [0, 0.1) is 0 Å². The molecular weight excluding hydrogens is 691 g/mol. The van der Waals surface area contributed by atoms with Crippen molar-refractivity contribution in [3.8, 4) is 0 Å². The van der Waals surface area contributed by atoms with Crippen LogP contribution in [-0.4, -0.2) is 76.4 Å². The van der Waals surface area contributed by atoms with E-state index in [1.165, 1.54) is 71.6 Å². The van der Waals surface area contributed by atoms with Crippen LogP contribution in [0.1, 0.15) is 26.9 Å². The van der Waals surface area contributed by atoms with Crippen molar-refractivity contribution in [1.29, 1.82) is 0 Å². The van der Waals surface area contributed by atoms with E-state index in [1.807, 2.05) is 0 Å². The molecule has 5 rings (SSSR count). The summed E-state index contributed by atoms with van der Waals surface area (Å²) in [7, 11) is -17.5. The molecule has 1 aliphatic heterocycles. The van der Waals surface area contributed by atoms with Gasteiger partial charge in [-0.25, -0.2) is 38.2 Å². The molecule has 0 radical (unpaired) electrons. The van der Waals surface area contributed by atoms with Gasteiger partial charge in [0.1, 0.15) is 30.2 Å². The lowest BCUT2D eigenvalue weighted by Crippen LogP contribution is -2.33. The summed E-state index contributed by atoms with van der Waals surface area (Å²) in [6.07, 6.45) is -4.16. The van der Waals surface area contributed by atoms with E-state index in [4.69, 9.17) is 23.8 Å². The summed E-state index contributed by atoms with van der Waals surface area (Å²) in [4.78, 5) is 56.1. The molecule has 2 unspecified atom stereocenters. The van der Waals surface area contributed by atoms with Gasteiger partial charge >= 0.3 is 35.4 Å². The number of aromatic nitrogens is 4. The van der Waals surface area contributed by atoms with E-state index < -0.39 is 66.6 Å². The quantitative estimate of drug-likeness (QED) is 0.131. The Morgan fingerprint density at radius 3 is 1.98 bits per heavy atom. The van der Waals surface area contributed by atoms with Crippen molar-refractivity contribution >= 4 is 52.4 Å². The largest absolute Gasteiger partial charge is 0.551 e. The van der Waals surface area contributed by atoms with Crippen LogP contribution >= 0.6 is 23.5 Å². The number of fused-ring (bicyclic) bond motifs is 1. The highest BCUT2D eigenvalue weighted by Crippen LogP contribution is 2.71. The summed E-state index contributed by atoms with van der Waals surface area (Å²) in [5, 5.41) is 21.4. The second kappa shape index (κ2) is 13.7. The number of anilines is 1. The van der Waals surface area contributed by atoms with Crippen LogP contribution in [0.15, 0.2) is 73.3 Å². The molecule has 20 nitrogen and oxygen atoms in total. The lowest BCUT2D eigenvalue weighted by atomic mass is 10.1. The van der Waals surface area contributed by atoms with Gasteiger partial charge in [0, 0.05) is 0 Å². The number of nitrogens with zero attached hydrogens (tertiary/aromatic N) is 4. The Kier molecular flexibility index (Phi) is 10.0. The lowest BCUT2D eigenvalue weighted by molar-refractivity contribution is -0.0507. The van der Waals surface area contributed by atoms with Gasteiger partial charge < -0.3 is 39.5 Å². The average Bonchev–Trinajstić information content (AvgIpc) is 3.56. The van der Waals surface area contributed by atoms with Gasteiger partial charge in [-0.2, -0.15) is 8.62 Å². The van der Waals surface area contributed by atoms with Gasteiger partial charge in [-0.05, 0) is 24.3 Å². The number of ether oxygens (including phenoxy) is 1. The first kappa shape index (κ1) is 34.4. The van der Waals surface area contributed by atoms with E-state index in [0.29, 0.717) is 0 Å². The zero-order chi connectivity index (χ0) is 34.0. The molecule has 0 aliphatic carbocycles. The number of hydrogen-bond donors (Lipinski definition) is 5. The van der Waals surface area contributed by atoms with Gasteiger partial charge in [0.15, 0.2) is 17.7 Å². The summed E-state index contributed by atoms with van der Waals surface area (Å²) < 4.78 is 69.2. The Balaban J connectivity index is 1.42. The van der Waals surface area contributed by atoms with Crippen LogP contribution in [-0.2, 0) is 40.6 Å². The number of aliphatic hydroxyl groups excluding tert-OH is 2. The second-order valence-electron chi connectivity index (χ2n) is 9.46. The molecule has 1 saturated heterocycles. The van der Waals surface area contributed by atoms with Gasteiger partial charge in [-0.1, -0.05) is 36.4 Å². The predicted octanol–water partition coefficient (Wildman–Crippen LogP) is 2.10. The van der Waals surface area contributed by atoms with E-state index >= 15 is 0 Å². The number of carbonyl (C=O) groups excluding carboxylic acids is 2. The van der Waals surface area contributed by atoms with Gasteiger partial charge in [0.25, 0.3) is 0 Å². The van der Waals surface area contributed by atoms with E-state index in [2.05, 4.69) is 23.8 Å². The SMILES string of the molecule is Nc1ncnc2c1ncn2[C@@H]1O[C@H](COP(=O)(OC(=O)c2ccccc2)OP(=O)(OC(=O)c2ccccc2)OP(=O)(O)O)[C@@H](O)[C@H]1O. The van der Waals surface area contributed by atoms with Crippen molar-refractivity contribution in [1.82, 2.24) is 19.5 Å². The molecule has 6 atom stereocenters. The molecule has 3 heterocycles. The van der Waals surface area contributed by atoms with Crippen LogP contribution in [0.25, 0.3) is 11.2 Å². The third-order valence-electron chi connectivity index (χ3n) is 6.21. The number of nitrogen functional groups attached to an aromatic ring is 1. The number of imidazole rings is 1. The minimum Gasteiger partial charge on any atom is -0.387 e. The maximum Gasteiger partial charge on any atom is 0.551 e. The summed E-state index contributed by atoms with van der Waals surface area (Å²) in [5.74, 6) is -2.92. The number of nitrogens with two attached hydrogens (primary N) is 1. The zero-order valence-corrected chi connectivity index (χ0v) is 26.1. The number of phosphoric ester groups is 1. The summed E-state index contributed by atoms with van der Waals surface area (Å²) >= 11 is 0. The van der Waals surface area contributed by atoms with Gasteiger partial charge in [0.2, 0.25) is 0 Å². The summed E-state index contributed by atoms with van der Waals surface area (Å²) in [6.45, 7) is -1.06. The minimum absolute atomic E-state index is 0.00917. The van der Waals surface area contributed by atoms with Crippen molar-refractivity contribution in [3.05, 3.63) is 84.4 Å². The molecule has 250 valence electrons. The monoisotopic (exact) mass is 715 g/mol. The molecule has 1 fully saturated rings. The highest BCUT2D eigenvalue weighted by molar-refractivity contribution is 7.67. The fourth-order valence-corrected chi connectivity index (χ4v) is 8.14. The lowest BCUT2D eigenvalue weighted by Gasteiger charge is -2.23. The number of rotatable bonds is 12. The van der Waals surface area contributed by atoms with Gasteiger partial charge in [0.05, 0.1) is 24.1 Å². The smallest absolute Gasteiger partial charge is 0.387 e. The molecule has 0 saturated carbocycles. The molecule has 6 N–H and O–H groups in total. The second-order valence-corrected chi connectivity index (χ2v) is 14.2. The van der Waals surface area contributed by atoms with Crippen molar-refractivity contribution in [2.45, 2.75) is 24.5 Å². The van der Waals surface area contributed by atoms with Crippen molar-refractivity contribution in [2.75, 3.05) is 12.3 Å². The Morgan fingerprint density at radius 2 is 1.40 bits per heavy atom. The Hall–Kier alpha value is -3.90. The Bertz CT molecular complexity index is 1910. The van der Waals surface area contributed by atoms with Crippen LogP contribution in [0.2, 0.25) is 0 Å². The van der Waals surface area contributed by atoms with E-state index in [9.17, 15) is 43.3 Å². The van der Waals surface area contributed by atoms with E-state index in [-0.39, 0.29) is 28.1 Å². The highest BCUT2D eigenvalue weighted by atomic mass is 31.3. The Labute approximate surface area is 263 Å². The van der Waals surface area contributed by atoms with Crippen LogP contribution in [0.4, 0.5) is 5.82 Å². The first-order valence-corrected chi connectivity index (χ1v) is 17.5. The number of benzene rings is 2. The number of carbonyl (C=O) groups is 2. The summed E-state index contributed by atoms with van der Waals surface area (Å²) in [6, 6.07) is 13.3. The Morgan fingerprint density at radius 1 is 0.830 bits per heavy atom. The fraction of sp³-hybridized carbons (Fsp3) is 0.208. The third kappa shape index (κ3) is 8.16. The van der Waals surface area contributed by atoms with E-state index in [1.54, 1.807) is 0 Å². The topological polar surface area (TPSA) is 291 Å². The molecule has 0 amide bonds. The highest BCUT2D eigenvalue weighted by Gasteiger charge is 2.51. The van der Waals surface area contributed by atoms with Crippen molar-refractivity contribution in [2.24, 2.45) is 0 Å². The molecular formula is C24H24N5O15P3. The zero-order valence-electron chi connectivity index (χ0n) is 23.4. The molecule has 47 heavy (non-hydrogen) atoms. The number of aliphatic hydroxyl groups is 2. The van der Waals surface area contributed by atoms with Crippen molar-refractivity contribution in [3.63, 3.8) is 0 Å². The molecule has 4 aromatic rings. The minimum atomic E-state index is -5.97. The van der Waals surface area contributed by atoms with Crippen LogP contribution in [0.5, 0.6) is 0 Å². The van der Waals surface area contributed by atoms with Gasteiger partial charge in [-0.15, -0.1) is 0 Å². The van der Waals surface area contributed by atoms with E-state index in [0.717, 1.165) is 6.33 Å². The molecule has 23 heteroatoms.